The SMILES string of the molecule is Cc1ccc(F)c(OCC(=O)c2ccc3c(c2)N(CC(=O)NCCN2CCCC2)C(=O)CO3)c1. The second kappa shape index (κ2) is 10.6. The summed E-state index contributed by atoms with van der Waals surface area (Å²) in [5.74, 6) is -1.19. The molecule has 0 aliphatic carbocycles. The van der Waals surface area contributed by atoms with Crippen molar-refractivity contribution in [1.29, 1.82) is 0 Å². The summed E-state index contributed by atoms with van der Waals surface area (Å²) in [6.45, 7) is 4.45. The van der Waals surface area contributed by atoms with Crippen LogP contribution < -0.4 is 19.7 Å². The smallest absolute Gasteiger partial charge is 0.265 e. The van der Waals surface area contributed by atoms with Crippen molar-refractivity contribution in [3.8, 4) is 11.5 Å². The maximum absolute atomic E-state index is 13.9. The number of likely N-dealkylation sites (tertiary alicyclic amines) is 1. The molecule has 1 saturated heterocycles. The van der Waals surface area contributed by atoms with Crippen molar-refractivity contribution in [3.63, 3.8) is 0 Å². The van der Waals surface area contributed by atoms with Gasteiger partial charge in [0.1, 0.15) is 12.3 Å². The predicted octanol–water partition coefficient (Wildman–Crippen LogP) is 2.33. The maximum atomic E-state index is 13.9. The molecule has 1 fully saturated rings. The van der Waals surface area contributed by atoms with Gasteiger partial charge in [0.15, 0.2) is 30.6 Å². The van der Waals surface area contributed by atoms with Crippen molar-refractivity contribution in [2.45, 2.75) is 19.8 Å². The fourth-order valence-corrected chi connectivity index (χ4v) is 4.06. The zero-order valence-corrected chi connectivity index (χ0v) is 19.1. The van der Waals surface area contributed by atoms with Crippen LogP contribution in [0.5, 0.6) is 11.5 Å². The average Bonchev–Trinajstić information content (AvgIpc) is 3.34. The Morgan fingerprint density at radius 3 is 2.74 bits per heavy atom. The first-order chi connectivity index (χ1) is 16.4. The van der Waals surface area contributed by atoms with E-state index in [-0.39, 0.29) is 42.9 Å². The molecule has 9 heteroatoms. The molecular weight excluding hydrogens is 441 g/mol. The summed E-state index contributed by atoms with van der Waals surface area (Å²) in [6.07, 6.45) is 2.36. The summed E-state index contributed by atoms with van der Waals surface area (Å²) in [7, 11) is 0. The second-order valence-electron chi connectivity index (χ2n) is 8.50. The maximum Gasteiger partial charge on any atom is 0.265 e. The second-order valence-corrected chi connectivity index (χ2v) is 8.50. The van der Waals surface area contributed by atoms with Crippen LogP contribution in [0.4, 0.5) is 10.1 Å². The van der Waals surface area contributed by atoms with Crippen molar-refractivity contribution in [1.82, 2.24) is 10.2 Å². The van der Waals surface area contributed by atoms with Crippen LogP contribution in [0.15, 0.2) is 36.4 Å². The normalized spacial score (nSPS) is 15.6. The van der Waals surface area contributed by atoms with Crippen LogP contribution in [-0.2, 0) is 9.59 Å². The number of amides is 2. The Morgan fingerprint density at radius 2 is 1.94 bits per heavy atom. The molecule has 2 heterocycles. The Hall–Kier alpha value is -3.46. The number of nitrogens with zero attached hydrogens (tertiary/aromatic N) is 2. The molecule has 0 aromatic heterocycles. The van der Waals surface area contributed by atoms with Gasteiger partial charge in [-0.2, -0.15) is 0 Å². The largest absolute Gasteiger partial charge is 0.482 e. The highest BCUT2D eigenvalue weighted by Gasteiger charge is 2.28. The molecule has 180 valence electrons. The van der Waals surface area contributed by atoms with E-state index in [2.05, 4.69) is 10.2 Å². The molecule has 34 heavy (non-hydrogen) atoms. The number of Topliss-reactive ketones (excluding diaryl/α,β-unsaturated/α-hetero) is 1. The summed E-state index contributed by atoms with van der Waals surface area (Å²) < 4.78 is 24.7. The summed E-state index contributed by atoms with van der Waals surface area (Å²) in [5.41, 5.74) is 1.42. The molecule has 2 aliphatic rings. The van der Waals surface area contributed by atoms with Gasteiger partial charge in [-0.25, -0.2) is 4.39 Å². The molecule has 0 unspecified atom stereocenters. The molecule has 0 saturated carbocycles. The third-order valence-corrected chi connectivity index (χ3v) is 5.92. The Labute approximate surface area is 197 Å². The highest BCUT2D eigenvalue weighted by Crippen LogP contribution is 2.33. The first kappa shape index (κ1) is 23.7. The van der Waals surface area contributed by atoms with Gasteiger partial charge in [-0.05, 0) is 68.8 Å². The van der Waals surface area contributed by atoms with Gasteiger partial charge in [0, 0.05) is 18.7 Å². The van der Waals surface area contributed by atoms with E-state index in [1.54, 1.807) is 25.1 Å². The van der Waals surface area contributed by atoms with Gasteiger partial charge in [-0.3, -0.25) is 19.3 Å². The van der Waals surface area contributed by atoms with E-state index in [0.717, 1.165) is 25.2 Å². The van der Waals surface area contributed by atoms with E-state index in [9.17, 15) is 18.8 Å². The third kappa shape index (κ3) is 5.72. The van der Waals surface area contributed by atoms with Crippen LogP contribution in [0.3, 0.4) is 0 Å². The standard InChI is InChI=1S/C25H28FN3O5/c1-17-4-6-19(26)23(12-17)33-15-21(30)18-5-7-22-20(13-18)29(25(32)16-34-22)14-24(31)27-8-11-28-9-2-3-10-28/h4-7,12-13H,2-3,8-11,14-16H2,1H3,(H,27,31). The van der Waals surface area contributed by atoms with E-state index in [0.29, 0.717) is 18.0 Å². The third-order valence-electron chi connectivity index (χ3n) is 5.92. The Balaban J connectivity index is 1.40. The van der Waals surface area contributed by atoms with Crippen molar-refractivity contribution in [3.05, 3.63) is 53.3 Å². The average molecular weight is 470 g/mol. The van der Waals surface area contributed by atoms with Gasteiger partial charge in [0.2, 0.25) is 5.91 Å². The van der Waals surface area contributed by atoms with Crippen LogP contribution in [0.1, 0.15) is 28.8 Å². The number of benzene rings is 2. The number of anilines is 1. The minimum absolute atomic E-state index is 0.00273. The van der Waals surface area contributed by atoms with E-state index < -0.39 is 11.6 Å². The first-order valence-corrected chi connectivity index (χ1v) is 11.4. The molecule has 2 aromatic carbocycles. The Morgan fingerprint density at radius 1 is 1.15 bits per heavy atom. The molecule has 8 nitrogen and oxygen atoms in total. The molecule has 0 bridgehead atoms. The number of carbonyl (C=O) groups excluding carboxylic acids is 3. The van der Waals surface area contributed by atoms with Crippen molar-refractivity contribution in [2.75, 3.05) is 50.8 Å². The molecule has 0 radical (unpaired) electrons. The molecule has 0 atom stereocenters. The molecule has 2 aliphatic heterocycles. The minimum Gasteiger partial charge on any atom is -0.482 e. The van der Waals surface area contributed by atoms with Gasteiger partial charge in [0.25, 0.3) is 5.91 Å². The summed E-state index contributed by atoms with van der Waals surface area (Å²) in [6, 6.07) is 9.06. The number of ether oxygens (including phenoxy) is 2. The van der Waals surface area contributed by atoms with Crippen LogP contribution in [0.25, 0.3) is 0 Å². The number of rotatable bonds is 9. The number of halogens is 1. The number of hydrogen-bond acceptors (Lipinski definition) is 6. The summed E-state index contributed by atoms with van der Waals surface area (Å²) in [4.78, 5) is 41.3. The topological polar surface area (TPSA) is 88.2 Å². The zero-order valence-electron chi connectivity index (χ0n) is 19.1. The molecular formula is C25H28FN3O5. The molecule has 0 spiro atoms. The van der Waals surface area contributed by atoms with Gasteiger partial charge in [-0.15, -0.1) is 0 Å². The lowest BCUT2D eigenvalue weighted by atomic mass is 10.1. The van der Waals surface area contributed by atoms with Gasteiger partial charge < -0.3 is 19.7 Å². The van der Waals surface area contributed by atoms with Crippen molar-refractivity contribution in [2.24, 2.45) is 0 Å². The number of nitrogens with one attached hydrogen (secondary N) is 1. The van der Waals surface area contributed by atoms with Crippen LogP contribution >= 0.6 is 0 Å². The number of aryl methyl sites for hydroxylation is 1. The van der Waals surface area contributed by atoms with Gasteiger partial charge in [0.05, 0.1) is 5.69 Å². The molecule has 2 amide bonds. The van der Waals surface area contributed by atoms with E-state index in [1.807, 2.05) is 0 Å². The van der Waals surface area contributed by atoms with Crippen LogP contribution in [-0.4, -0.2) is 68.4 Å². The highest BCUT2D eigenvalue weighted by atomic mass is 19.1. The highest BCUT2D eigenvalue weighted by molar-refractivity contribution is 6.04. The minimum atomic E-state index is -0.551. The monoisotopic (exact) mass is 469 g/mol. The Bertz CT molecular complexity index is 1080. The lowest BCUT2D eigenvalue weighted by molar-refractivity contribution is -0.125. The van der Waals surface area contributed by atoms with Crippen molar-refractivity contribution < 1.29 is 28.2 Å². The Kier molecular flexibility index (Phi) is 7.42. The quantitative estimate of drug-likeness (QED) is 0.568. The summed E-state index contributed by atoms with van der Waals surface area (Å²) >= 11 is 0. The number of ketones is 1. The van der Waals surface area contributed by atoms with Crippen molar-refractivity contribution >= 4 is 23.3 Å². The van der Waals surface area contributed by atoms with Crippen LogP contribution in [0, 0.1) is 12.7 Å². The number of fused-ring (bicyclic) bond motifs is 1. The number of hydrogen-bond donors (Lipinski definition) is 1. The lowest BCUT2D eigenvalue weighted by Gasteiger charge is -2.29. The molecule has 1 N–H and O–H groups in total. The van der Waals surface area contributed by atoms with Gasteiger partial charge >= 0.3 is 0 Å². The molecule has 4 rings (SSSR count). The predicted molar refractivity (Wildman–Crippen MR) is 124 cm³/mol. The van der Waals surface area contributed by atoms with E-state index in [4.69, 9.17) is 9.47 Å². The zero-order chi connectivity index (χ0) is 24.1. The molecule has 2 aromatic rings. The van der Waals surface area contributed by atoms with E-state index in [1.165, 1.54) is 35.9 Å². The fraction of sp³-hybridized carbons (Fsp3) is 0.400. The lowest BCUT2D eigenvalue weighted by Crippen LogP contribution is -2.46. The number of carbonyl (C=O) groups is 3. The first-order valence-electron chi connectivity index (χ1n) is 11.4. The van der Waals surface area contributed by atoms with Crippen LogP contribution in [0.2, 0.25) is 0 Å². The van der Waals surface area contributed by atoms with Gasteiger partial charge in [-0.1, -0.05) is 6.07 Å². The fourth-order valence-electron chi connectivity index (χ4n) is 4.06. The van der Waals surface area contributed by atoms with E-state index >= 15 is 0 Å². The summed E-state index contributed by atoms with van der Waals surface area (Å²) in [5, 5.41) is 2.86.